The lowest BCUT2D eigenvalue weighted by atomic mass is 9.87. The lowest BCUT2D eigenvalue weighted by Crippen LogP contribution is -2.40. The second-order valence-electron chi connectivity index (χ2n) is 5.46. The summed E-state index contributed by atoms with van der Waals surface area (Å²) in [6.45, 7) is 4.59. The van der Waals surface area contributed by atoms with Crippen LogP contribution in [0.2, 0.25) is 0 Å². The van der Waals surface area contributed by atoms with Crippen LogP contribution in [0.4, 0.5) is 0 Å². The lowest BCUT2D eigenvalue weighted by molar-refractivity contribution is -0.134. The van der Waals surface area contributed by atoms with E-state index in [-0.39, 0.29) is 30.9 Å². The molecule has 0 fully saturated rings. The third-order valence-corrected chi connectivity index (χ3v) is 3.31. The number of carbonyl (C=O) groups is 1. The lowest BCUT2D eigenvalue weighted by Gasteiger charge is -2.28. The van der Waals surface area contributed by atoms with Gasteiger partial charge in [-0.1, -0.05) is 44.2 Å². The minimum atomic E-state index is -0.655. The van der Waals surface area contributed by atoms with Gasteiger partial charge in [0.2, 0.25) is 5.91 Å². The molecular formula is C16H25NO3. The van der Waals surface area contributed by atoms with E-state index in [4.69, 9.17) is 4.74 Å². The summed E-state index contributed by atoms with van der Waals surface area (Å²) in [6.07, 6.45) is -0.655. The van der Waals surface area contributed by atoms with Crippen molar-refractivity contribution in [2.24, 2.45) is 5.92 Å². The molecule has 2 atom stereocenters. The number of hydrogen-bond acceptors (Lipinski definition) is 3. The van der Waals surface area contributed by atoms with Crippen molar-refractivity contribution in [1.82, 2.24) is 4.90 Å². The molecule has 0 saturated heterocycles. The number of rotatable bonds is 7. The summed E-state index contributed by atoms with van der Waals surface area (Å²) in [5.41, 5.74) is 1.01. The zero-order chi connectivity index (χ0) is 15.1. The van der Waals surface area contributed by atoms with Crippen LogP contribution in [-0.2, 0) is 9.53 Å². The summed E-state index contributed by atoms with van der Waals surface area (Å²) < 4.78 is 4.89. The second kappa shape index (κ2) is 8.02. The number of aliphatic hydroxyl groups excluding tert-OH is 1. The molecular weight excluding hydrogens is 254 g/mol. The highest BCUT2D eigenvalue weighted by atomic mass is 16.5. The maximum absolute atomic E-state index is 12.6. The molecule has 4 nitrogen and oxygen atoms in total. The molecule has 1 aromatic carbocycles. The van der Waals surface area contributed by atoms with E-state index in [9.17, 15) is 9.90 Å². The molecule has 0 aliphatic carbocycles. The molecule has 0 aliphatic heterocycles. The Morgan fingerprint density at radius 3 is 2.40 bits per heavy atom. The fourth-order valence-corrected chi connectivity index (χ4v) is 2.36. The van der Waals surface area contributed by atoms with Gasteiger partial charge in [0, 0.05) is 20.7 Å². The Hall–Kier alpha value is -1.39. The van der Waals surface area contributed by atoms with Crippen molar-refractivity contribution in [2.45, 2.75) is 25.9 Å². The number of nitrogens with zero attached hydrogens (tertiary/aromatic N) is 1. The number of benzene rings is 1. The van der Waals surface area contributed by atoms with E-state index in [0.717, 1.165) is 5.56 Å². The number of amides is 1. The Kier molecular flexibility index (Phi) is 6.68. The van der Waals surface area contributed by atoms with Crippen LogP contribution in [0.3, 0.4) is 0 Å². The summed E-state index contributed by atoms with van der Waals surface area (Å²) in [4.78, 5) is 14.2. The largest absolute Gasteiger partial charge is 0.389 e. The molecule has 1 aromatic rings. The molecule has 112 valence electrons. The molecule has 20 heavy (non-hydrogen) atoms. The van der Waals surface area contributed by atoms with E-state index in [0.29, 0.717) is 0 Å². The van der Waals surface area contributed by atoms with Gasteiger partial charge < -0.3 is 14.7 Å². The molecule has 1 amide bonds. The topological polar surface area (TPSA) is 49.8 Å². The maximum atomic E-state index is 12.6. The number of carbonyl (C=O) groups excluding carboxylic acids is 1. The van der Waals surface area contributed by atoms with Crippen molar-refractivity contribution in [3.63, 3.8) is 0 Å². The van der Waals surface area contributed by atoms with Crippen LogP contribution in [0.25, 0.3) is 0 Å². The third kappa shape index (κ3) is 4.62. The van der Waals surface area contributed by atoms with E-state index < -0.39 is 6.10 Å². The highest BCUT2D eigenvalue weighted by Gasteiger charge is 2.27. The SMILES string of the molecule is COCC(O)CN(C)C(=O)C(c1ccccc1)C(C)C. The summed E-state index contributed by atoms with van der Waals surface area (Å²) in [5, 5.41) is 9.74. The van der Waals surface area contributed by atoms with Crippen LogP contribution >= 0.6 is 0 Å². The minimum Gasteiger partial charge on any atom is -0.389 e. The quantitative estimate of drug-likeness (QED) is 0.829. The van der Waals surface area contributed by atoms with E-state index in [2.05, 4.69) is 0 Å². The van der Waals surface area contributed by atoms with E-state index >= 15 is 0 Å². The Balaban J connectivity index is 2.80. The number of aliphatic hydroxyl groups is 1. The molecule has 2 unspecified atom stereocenters. The molecule has 0 aliphatic rings. The number of methoxy groups -OCH3 is 1. The van der Waals surface area contributed by atoms with Crippen LogP contribution in [-0.4, -0.2) is 49.3 Å². The third-order valence-electron chi connectivity index (χ3n) is 3.31. The molecule has 4 heteroatoms. The van der Waals surface area contributed by atoms with Crippen LogP contribution in [0, 0.1) is 5.92 Å². The van der Waals surface area contributed by atoms with Gasteiger partial charge in [-0.15, -0.1) is 0 Å². The molecule has 0 spiro atoms. The smallest absolute Gasteiger partial charge is 0.230 e. The molecule has 0 heterocycles. The van der Waals surface area contributed by atoms with Gasteiger partial charge in [-0.2, -0.15) is 0 Å². The van der Waals surface area contributed by atoms with Gasteiger partial charge in [0.15, 0.2) is 0 Å². The Morgan fingerprint density at radius 2 is 1.90 bits per heavy atom. The van der Waals surface area contributed by atoms with Crippen LogP contribution < -0.4 is 0 Å². The monoisotopic (exact) mass is 279 g/mol. The van der Waals surface area contributed by atoms with Crippen LogP contribution in [0.5, 0.6) is 0 Å². The van der Waals surface area contributed by atoms with Crippen LogP contribution in [0.1, 0.15) is 25.3 Å². The minimum absolute atomic E-state index is 0.0290. The summed E-state index contributed by atoms with van der Waals surface area (Å²) in [5.74, 6) is 0.0456. The molecule has 0 radical (unpaired) electrons. The first-order valence-electron chi connectivity index (χ1n) is 6.94. The summed E-state index contributed by atoms with van der Waals surface area (Å²) in [7, 11) is 3.26. The van der Waals surface area contributed by atoms with Crippen molar-refractivity contribution >= 4 is 5.91 Å². The van der Waals surface area contributed by atoms with Crippen LogP contribution in [0.15, 0.2) is 30.3 Å². The molecule has 1 N–H and O–H groups in total. The highest BCUT2D eigenvalue weighted by Crippen LogP contribution is 2.26. The van der Waals surface area contributed by atoms with Gasteiger partial charge in [0.25, 0.3) is 0 Å². The highest BCUT2D eigenvalue weighted by molar-refractivity contribution is 5.83. The first kappa shape index (κ1) is 16.7. The number of ether oxygens (including phenoxy) is 1. The summed E-state index contributed by atoms with van der Waals surface area (Å²) >= 11 is 0. The van der Waals surface area contributed by atoms with Gasteiger partial charge in [-0.05, 0) is 11.5 Å². The number of hydrogen-bond donors (Lipinski definition) is 1. The van der Waals surface area contributed by atoms with Crippen molar-refractivity contribution in [1.29, 1.82) is 0 Å². The normalized spacial score (nSPS) is 14.1. The molecule has 0 aromatic heterocycles. The van der Waals surface area contributed by atoms with Gasteiger partial charge in [-0.25, -0.2) is 0 Å². The van der Waals surface area contributed by atoms with Gasteiger partial charge in [0.05, 0.1) is 18.6 Å². The maximum Gasteiger partial charge on any atom is 0.230 e. The van der Waals surface area contributed by atoms with E-state index in [1.807, 2.05) is 44.2 Å². The van der Waals surface area contributed by atoms with E-state index in [1.54, 1.807) is 11.9 Å². The van der Waals surface area contributed by atoms with Crippen molar-refractivity contribution in [2.75, 3.05) is 27.3 Å². The molecule has 0 bridgehead atoms. The van der Waals surface area contributed by atoms with Crippen molar-refractivity contribution in [3.05, 3.63) is 35.9 Å². The Morgan fingerprint density at radius 1 is 1.30 bits per heavy atom. The predicted octanol–water partition coefficient (Wildman–Crippen LogP) is 1.89. The average molecular weight is 279 g/mol. The van der Waals surface area contributed by atoms with Crippen molar-refractivity contribution in [3.8, 4) is 0 Å². The Bertz CT molecular complexity index is 405. The molecule has 0 saturated carbocycles. The van der Waals surface area contributed by atoms with Gasteiger partial charge in [-0.3, -0.25) is 4.79 Å². The average Bonchev–Trinajstić information content (AvgIpc) is 2.39. The fraction of sp³-hybridized carbons (Fsp3) is 0.562. The van der Waals surface area contributed by atoms with Gasteiger partial charge in [0.1, 0.15) is 0 Å². The zero-order valence-electron chi connectivity index (χ0n) is 12.7. The zero-order valence-corrected chi connectivity index (χ0v) is 12.7. The standard InChI is InChI=1S/C16H25NO3/c1-12(2)15(13-8-6-5-7-9-13)16(19)17(3)10-14(18)11-20-4/h5-9,12,14-15,18H,10-11H2,1-4H3. The second-order valence-corrected chi connectivity index (χ2v) is 5.46. The summed E-state index contributed by atoms with van der Waals surface area (Å²) in [6, 6.07) is 9.77. The first-order valence-corrected chi connectivity index (χ1v) is 6.94. The van der Waals surface area contributed by atoms with E-state index in [1.165, 1.54) is 7.11 Å². The number of likely N-dealkylation sites (N-methyl/N-ethyl adjacent to an activating group) is 1. The fourth-order valence-electron chi connectivity index (χ4n) is 2.36. The van der Waals surface area contributed by atoms with Gasteiger partial charge >= 0.3 is 0 Å². The first-order chi connectivity index (χ1) is 9.47. The van der Waals surface area contributed by atoms with Crippen molar-refractivity contribution < 1.29 is 14.6 Å². The Labute approximate surface area is 121 Å². The predicted molar refractivity (Wildman–Crippen MR) is 79.5 cm³/mol. The molecule has 1 rings (SSSR count).